The molecule has 4 heteroatoms. The molecular weight excluding hydrogens is 214 g/mol. The van der Waals surface area contributed by atoms with Crippen molar-refractivity contribution < 1.29 is 4.79 Å². The molecule has 1 rings (SSSR count). The Bertz CT molecular complexity index is 432. The van der Waals surface area contributed by atoms with Crippen LogP contribution in [0.25, 0.3) is 0 Å². The molecule has 0 unspecified atom stereocenters. The van der Waals surface area contributed by atoms with Gasteiger partial charge in [0.15, 0.2) is 0 Å². The number of nitriles is 1. The number of benzene rings is 1. The van der Waals surface area contributed by atoms with Crippen molar-refractivity contribution in [1.29, 1.82) is 5.26 Å². The van der Waals surface area contributed by atoms with Crippen LogP contribution in [0.5, 0.6) is 0 Å². The molecule has 0 aromatic heterocycles. The molecule has 0 aliphatic carbocycles. The number of hydrogen-bond acceptors (Lipinski definition) is 3. The van der Waals surface area contributed by atoms with Crippen LogP contribution in [0, 0.1) is 11.3 Å². The van der Waals surface area contributed by atoms with Gasteiger partial charge in [0.1, 0.15) is 6.42 Å². The van der Waals surface area contributed by atoms with E-state index in [1.54, 1.807) is 6.07 Å². The number of nitrogens with one attached hydrogen (secondary N) is 1. The van der Waals surface area contributed by atoms with Crippen LogP contribution in [0.2, 0.25) is 0 Å². The van der Waals surface area contributed by atoms with Crippen LogP contribution < -0.4 is 5.43 Å². The minimum absolute atomic E-state index is 0.169. The SMILES string of the molecule is CCC/C(=N\NC(=O)CC#N)c1ccccc1. The highest BCUT2D eigenvalue weighted by atomic mass is 16.2. The average Bonchev–Trinajstić information content (AvgIpc) is 2.36. The van der Waals surface area contributed by atoms with E-state index in [0.717, 1.165) is 24.1 Å². The Morgan fingerprint density at radius 1 is 1.41 bits per heavy atom. The number of carbonyl (C=O) groups is 1. The molecule has 0 saturated heterocycles. The van der Waals surface area contributed by atoms with E-state index in [-0.39, 0.29) is 12.3 Å². The van der Waals surface area contributed by atoms with Crippen molar-refractivity contribution in [1.82, 2.24) is 5.43 Å². The maximum atomic E-state index is 11.1. The summed E-state index contributed by atoms with van der Waals surface area (Å²) < 4.78 is 0. The molecule has 88 valence electrons. The Morgan fingerprint density at radius 3 is 2.71 bits per heavy atom. The molecule has 0 bridgehead atoms. The summed E-state index contributed by atoms with van der Waals surface area (Å²) in [4.78, 5) is 11.1. The molecule has 0 atom stereocenters. The second-order valence-electron chi connectivity index (χ2n) is 3.54. The van der Waals surface area contributed by atoms with Crippen LogP contribution in [0.4, 0.5) is 0 Å². The van der Waals surface area contributed by atoms with Crippen molar-refractivity contribution in [3.05, 3.63) is 35.9 Å². The third kappa shape index (κ3) is 4.47. The molecule has 0 spiro atoms. The predicted molar refractivity (Wildman–Crippen MR) is 66.3 cm³/mol. The fourth-order valence-electron chi connectivity index (χ4n) is 1.37. The average molecular weight is 229 g/mol. The van der Waals surface area contributed by atoms with E-state index in [2.05, 4.69) is 17.5 Å². The Labute approximate surface area is 101 Å². The number of nitrogens with zero attached hydrogens (tertiary/aromatic N) is 2. The van der Waals surface area contributed by atoms with Gasteiger partial charge >= 0.3 is 0 Å². The highest BCUT2D eigenvalue weighted by Crippen LogP contribution is 2.05. The highest BCUT2D eigenvalue weighted by Gasteiger charge is 2.03. The van der Waals surface area contributed by atoms with Crippen molar-refractivity contribution in [2.75, 3.05) is 0 Å². The van der Waals surface area contributed by atoms with Crippen LogP contribution in [-0.2, 0) is 4.79 Å². The summed E-state index contributed by atoms with van der Waals surface area (Å²) in [6.07, 6.45) is 1.57. The van der Waals surface area contributed by atoms with Gasteiger partial charge in [0, 0.05) is 0 Å². The molecule has 1 amide bonds. The monoisotopic (exact) mass is 229 g/mol. The van der Waals surface area contributed by atoms with Crippen LogP contribution in [-0.4, -0.2) is 11.6 Å². The Balaban J connectivity index is 2.76. The maximum absolute atomic E-state index is 11.1. The zero-order valence-corrected chi connectivity index (χ0v) is 9.81. The topological polar surface area (TPSA) is 65.2 Å². The number of amides is 1. The summed E-state index contributed by atoms with van der Waals surface area (Å²) in [6.45, 7) is 2.05. The van der Waals surface area contributed by atoms with Crippen molar-refractivity contribution in [3.63, 3.8) is 0 Å². The molecule has 0 aliphatic rings. The molecule has 0 radical (unpaired) electrons. The maximum Gasteiger partial charge on any atom is 0.254 e. The number of hydrazone groups is 1. The molecule has 4 nitrogen and oxygen atoms in total. The molecule has 0 heterocycles. The summed E-state index contributed by atoms with van der Waals surface area (Å²) in [5, 5.41) is 12.4. The zero-order chi connectivity index (χ0) is 12.5. The molecule has 0 aliphatic heterocycles. The van der Waals surface area contributed by atoms with Crippen molar-refractivity contribution in [3.8, 4) is 6.07 Å². The van der Waals surface area contributed by atoms with Crippen LogP contribution in [0.3, 0.4) is 0 Å². The third-order valence-electron chi connectivity index (χ3n) is 2.15. The van der Waals surface area contributed by atoms with Crippen molar-refractivity contribution in [2.24, 2.45) is 5.10 Å². The molecule has 0 saturated carbocycles. The van der Waals surface area contributed by atoms with Crippen LogP contribution >= 0.6 is 0 Å². The third-order valence-corrected chi connectivity index (χ3v) is 2.15. The largest absolute Gasteiger partial charge is 0.272 e. The van der Waals surface area contributed by atoms with Crippen molar-refractivity contribution >= 4 is 11.6 Å². The first-order valence-electron chi connectivity index (χ1n) is 5.55. The van der Waals surface area contributed by atoms with Gasteiger partial charge in [-0.05, 0) is 12.0 Å². The normalized spacial score (nSPS) is 10.7. The quantitative estimate of drug-likeness (QED) is 0.621. The van der Waals surface area contributed by atoms with Crippen LogP contribution in [0.15, 0.2) is 35.4 Å². The van der Waals surface area contributed by atoms with Crippen molar-refractivity contribution in [2.45, 2.75) is 26.2 Å². The Kier molecular flexibility index (Phi) is 5.45. The first-order chi connectivity index (χ1) is 8.27. The van der Waals surface area contributed by atoms with E-state index >= 15 is 0 Å². The fourth-order valence-corrected chi connectivity index (χ4v) is 1.37. The van der Waals surface area contributed by atoms with Gasteiger partial charge in [-0.3, -0.25) is 4.79 Å². The lowest BCUT2D eigenvalue weighted by Gasteiger charge is -2.05. The zero-order valence-electron chi connectivity index (χ0n) is 9.81. The smallest absolute Gasteiger partial charge is 0.254 e. The standard InChI is InChI=1S/C13H15N3O/c1-2-6-12(11-7-4-3-5-8-11)15-16-13(17)9-10-14/h3-5,7-8H,2,6,9H2,1H3,(H,16,17)/b15-12+. The van der Waals surface area contributed by atoms with Gasteiger partial charge in [-0.15, -0.1) is 0 Å². The molecule has 0 fully saturated rings. The molecule has 1 N–H and O–H groups in total. The van der Waals surface area contributed by atoms with Crippen LogP contribution in [0.1, 0.15) is 31.7 Å². The summed E-state index contributed by atoms with van der Waals surface area (Å²) >= 11 is 0. The number of carbonyl (C=O) groups excluding carboxylic acids is 1. The minimum Gasteiger partial charge on any atom is -0.272 e. The lowest BCUT2D eigenvalue weighted by molar-refractivity contribution is -0.120. The fraction of sp³-hybridized carbons (Fsp3) is 0.308. The van der Waals surface area contributed by atoms with Gasteiger partial charge in [-0.25, -0.2) is 5.43 Å². The molecule has 1 aromatic rings. The van der Waals surface area contributed by atoms with Gasteiger partial charge in [-0.1, -0.05) is 43.7 Å². The van der Waals surface area contributed by atoms with E-state index in [1.807, 2.05) is 30.3 Å². The molecule has 1 aromatic carbocycles. The van der Waals surface area contributed by atoms with Gasteiger partial charge in [-0.2, -0.15) is 10.4 Å². The summed E-state index contributed by atoms with van der Waals surface area (Å²) in [5.74, 6) is -0.378. The molecule has 17 heavy (non-hydrogen) atoms. The van der Waals surface area contributed by atoms with E-state index in [1.165, 1.54) is 0 Å². The highest BCUT2D eigenvalue weighted by molar-refractivity contribution is 6.01. The van der Waals surface area contributed by atoms with Gasteiger partial charge in [0.2, 0.25) is 0 Å². The number of hydrogen-bond donors (Lipinski definition) is 1. The van der Waals surface area contributed by atoms with E-state index < -0.39 is 0 Å². The van der Waals surface area contributed by atoms with Gasteiger partial charge in [0.25, 0.3) is 5.91 Å². The van der Waals surface area contributed by atoms with Gasteiger partial charge < -0.3 is 0 Å². The summed E-state index contributed by atoms with van der Waals surface area (Å²) in [7, 11) is 0. The first-order valence-corrected chi connectivity index (χ1v) is 5.55. The lowest BCUT2D eigenvalue weighted by Crippen LogP contribution is -2.19. The van der Waals surface area contributed by atoms with E-state index in [9.17, 15) is 4.79 Å². The summed E-state index contributed by atoms with van der Waals surface area (Å²) in [6, 6.07) is 11.5. The van der Waals surface area contributed by atoms with E-state index in [4.69, 9.17) is 5.26 Å². The minimum atomic E-state index is -0.378. The second kappa shape index (κ2) is 7.18. The van der Waals surface area contributed by atoms with Gasteiger partial charge in [0.05, 0.1) is 11.8 Å². The lowest BCUT2D eigenvalue weighted by atomic mass is 10.1. The van der Waals surface area contributed by atoms with E-state index in [0.29, 0.717) is 0 Å². The predicted octanol–water partition coefficient (Wildman–Crippen LogP) is 2.22. The summed E-state index contributed by atoms with van der Waals surface area (Å²) in [5.41, 5.74) is 4.22. The number of rotatable bonds is 5. The Hall–Kier alpha value is -2.15. The Morgan fingerprint density at radius 2 is 2.12 bits per heavy atom. The molecular formula is C13H15N3O. The second-order valence-corrected chi connectivity index (χ2v) is 3.54. The first kappa shape index (κ1) is 12.9.